The molecule has 0 bridgehead atoms. The predicted molar refractivity (Wildman–Crippen MR) is 55.5 cm³/mol. The first-order chi connectivity index (χ1) is 6.26. The fraction of sp³-hybridized carbons (Fsp3) is 0.500. The van der Waals surface area contributed by atoms with Gasteiger partial charge in [0.1, 0.15) is 0 Å². The van der Waals surface area contributed by atoms with Crippen LogP contribution in [0.15, 0.2) is 24.3 Å². The molecule has 0 aromatic heterocycles. The molecule has 70 valence electrons. The minimum absolute atomic E-state index is 0.0468. The molecular weight excluding hydrogens is 158 g/mol. The Morgan fingerprint density at radius 3 is 2.92 bits per heavy atom. The second-order valence-electron chi connectivity index (χ2n) is 4.02. The third kappa shape index (κ3) is 1.37. The summed E-state index contributed by atoms with van der Waals surface area (Å²) in [5.41, 5.74) is 9.16. The van der Waals surface area contributed by atoms with Crippen LogP contribution in [-0.2, 0) is 12.0 Å². The van der Waals surface area contributed by atoms with Crippen LogP contribution >= 0.6 is 0 Å². The summed E-state index contributed by atoms with van der Waals surface area (Å²) < 4.78 is 0. The monoisotopic (exact) mass is 175 g/mol. The van der Waals surface area contributed by atoms with E-state index < -0.39 is 0 Å². The van der Waals surface area contributed by atoms with Gasteiger partial charge < -0.3 is 5.73 Å². The van der Waals surface area contributed by atoms with Crippen molar-refractivity contribution in [3.8, 4) is 0 Å². The van der Waals surface area contributed by atoms with E-state index in [0.717, 1.165) is 12.8 Å². The summed E-state index contributed by atoms with van der Waals surface area (Å²) >= 11 is 0. The fourth-order valence-electron chi connectivity index (χ4n) is 2.32. The maximum Gasteiger partial charge on any atom is 0.0409 e. The Hall–Kier alpha value is -0.820. The standard InChI is InChI=1S/C12H17N/c1-2-12(13)9-5-7-10-6-3-4-8-11(10)12/h3-4,6,8H,2,5,7,9,13H2,1H3. The summed E-state index contributed by atoms with van der Waals surface area (Å²) in [5, 5.41) is 0. The van der Waals surface area contributed by atoms with E-state index in [0.29, 0.717) is 0 Å². The summed E-state index contributed by atoms with van der Waals surface area (Å²) in [7, 11) is 0. The number of benzene rings is 1. The number of hydrogen-bond acceptors (Lipinski definition) is 1. The zero-order valence-electron chi connectivity index (χ0n) is 8.22. The van der Waals surface area contributed by atoms with Crippen LogP contribution < -0.4 is 5.73 Å². The van der Waals surface area contributed by atoms with Gasteiger partial charge in [-0.1, -0.05) is 31.2 Å². The molecule has 1 aliphatic rings. The first-order valence-electron chi connectivity index (χ1n) is 5.13. The van der Waals surface area contributed by atoms with Crippen molar-refractivity contribution >= 4 is 0 Å². The largest absolute Gasteiger partial charge is 0.321 e. The zero-order chi connectivity index (χ0) is 9.31. The van der Waals surface area contributed by atoms with E-state index in [9.17, 15) is 0 Å². The van der Waals surface area contributed by atoms with Crippen molar-refractivity contribution in [2.45, 2.75) is 38.1 Å². The minimum Gasteiger partial charge on any atom is -0.321 e. The summed E-state index contributed by atoms with van der Waals surface area (Å²) in [4.78, 5) is 0. The van der Waals surface area contributed by atoms with Gasteiger partial charge >= 0.3 is 0 Å². The maximum absolute atomic E-state index is 6.37. The SMILES string of the molecule is CCC1(N)CCCc2ccccc21. The first-order valence-corrected chi connectivity index (χ1v) is 5.13. The highest BCUT2D eigenvalue weighted by molar-refractivity contribution is 5.35. The minimum atomic E-state index is -0.0468. The highest BCUT2D eigenvalue weighted by Crippen LogP contribution is 2.35. The van der Waals surface area contributed by atoms with Crippen molar-refractivity contribution in [1.29, 1.82) is 0 Å². The van der Waals surface area contributed by atoms with Gasteiger partial charge in [-0.05, 0) is 36.8 Å². The molecule has 0 radical (unpaired) electrons. The lowest BCUT2D eigenvalue weighted by molar-refractivity contribution is 0.360. The van der Waals surface area contributed by atoms with Crippen LogP contribution in [-0.4, -0.2) is 0 Å². The summed E-state index contributed by atoms with van der Waals surface area (Å²) in [6.45, 7) is 2.18. The Kier molecular flexibility index (Phi) is 2.12. The Bertz CT molecular complexity index is 306. The molecule has 1 unspecified atom stereocenters. The molecule has 0 fully saturated rings. The fourth-order valence-corrected chi connectivity index (χ4v) is 2.32. The molecule has 1 aromatic rings. The Morgan fingerprint density at radius 1 is 1.38 bits per heavy atom. The molecule has 0 heterocycles. The summed E-state index contributed by atoms with van der Waals surface area (Å²) in [5.74, 6) is 0. The first kappa shape index (κ1) is 8.76. The predicted octanol–water partition coefficient (Wildman–Crippen LogP) is 2.59. The molecule has 1 aromatic carbocycles. The average Bonchev–Trinajstić information content (AvgIpc) is 2.19. The van der Waals surface area contributed by atoms with Gasteiger partial charge in [0.05, 0.1) is 0 Å². The average molecular weight is 175 g/mol. The van der Waals surface area contributed by atoms with Gasteiger partial charge in [0, 0.05) is 5.54 Å². The topological polar surface area (TPSA) is 26.0 Å². The number of fused-ring (bicyclic) bond motifs is 1. The van der Waals surface area contributed by atoms with E-state index >= 15 is 0 Å². The van der Waals surface area contributed by atoms with Gasteiger partial charge in [-0.3, -0.25) is 0 Å². The molecular formula is C12H17N. The molecule has 1 aliphatic carbocycles. The van der Waals surface area contributed by atoms with Crippen molar-refractivity contribution < 1.29 is 0 Å². The molecule has 0 saturated carbocycles. The maximum atomic E-state index is 6.37. The van der Waals surface area contributed by atoms with Gasteiger partial charge in [-0.15, -0.1) is 0 Å². The van der Waals surface area contributed by atoms with Gasteiger partial charge in [-0.2, -0.15) is 0 Å². The van der Waals surface area contributed by atoms with E-state index in [-0.39, 0.29) is 5.54 Å². The van der Waals surface area contributed by atoms with Crippen LogP contribution in [0.5, 0.6) is 0 Å². The molecule has 1 atom stereocenters. The number of rotatable bonds is 1. The van der Waals surface area contributed by atoms with Crippen LogP contribution in [0, 0.1) is 0 Å². The van der Waals surface area contributed by atoms with Crippen LogP contribution in [0.25, 0.3) is 0 Å². The third-order valence-corrected chi connectivity index (χ3v) is 3.25. The van der Waals surface area contributed by atoms with Crippen LogP contribution in [0.2, 0.25) is 0 Å². The van der Waals surface area contributed by atoms with Gasteiger partial charge in [0.15, 0.2) is 0 Å². The number of aryl methyl sites for hydroxylation is 1. The van der Waals surface area contributed by atoms with Crippen molar-refractivity contribution in [2.75, 3.05) is 0 Å². The van der Waals surface area contributed by atoms with E-state index in [1.54, 1.807) is 0 Å². The lowest BCUT2D eigenvalue weighted by Gasteiger charge is -2.34. The van der Waals surface area contributed by atoms with Crippen LogP contribution in [0.3, 0.4) is 0 Å². The van der Waals surface area contributed by atoms with E-state index in [1.165, 1.54) is 24.0 Å². The molecule has 0 saturated heterocycles. The second kappa shape index (κ2) is 3.15. The normalized spacial score (nSPS) is 26.9. The smallest absolute Gasteiger partial charge is 0.0409 e. The van der Waals surface area contributed by atoms with Gasteiger partial charge in [-0.25, -0.2) is 0 Å². The van der Waals surface area contributed by atoms with E-state index in [1.807, 2.05) is 0 Å². The van der Waals surface area contributed by atoms with Crippen molar-refractivity contribution in [3.05, 3.63) is 35.4 Å². The molecule has 0 amide bonds. The Balaban J connectivity index is 2.48. The quantitative estimate of drug-likeness (QED) is 0.697. The lowest BCUT2D eigenvalue weighted by Crippen LogP contribution is -2.39. The highest BCUT2D eigenvalue weighted by atomic mass is 14.7. The zero-order valence-corrected chi connectivity index (χ0v) is 8.22. The van der Waals surface area contributed by atoms with E-state index in [4.69, 9.17) is 5.73 Å². The van der Waals surface area contributed by atoms with Gasteiger partial charge in [0.2, 0.25) is 0 Å². The highest BCUT2D eigenvalue weighted by Gasteiger charge is 2.29. The summed E-state index contributed by atoms with van der Waals surface area (Å²) in [6.07, 6.45) is 4.63. The molecule has 0 spiro atoms. The van der Waals surface area contributed by atoms with Crippen LogP contribution in [0.4, 0.5) is 0 Å². The lowest BCUT2D eigenvalue weighted by atomic mass is 9.76. The molecule has 0 aliphatic heterocycles. The number of nitrogens with two attached hydrogens (primary N) is 1. The third-order valence-electron chi connectivity index (χ3n) is 3.25. The van der Waals surface area contributed by atoms with Crippen molar-refractivity contribution in [1.82, 2.24) is 0 Å². The Morgan fingerprint density at radius 2 is 2.15 bits per heavy atom. The second-order valence-corrected chi connectivity index (χ2v) is 4.02. The van der Waals surface area contributed by atoms with Crippen molar-refractivity contribution in [2.24, 2.45) is 5.73 Å². The Labute approximate surface area is 80.0 Å². The molecule has 1 nitrogen and oxygen atoms in total. The van der Waals surface area contributed by atoms with Gasteiger partial charge in [0.25, 0.3) is 0 Å². The molecule has 1 heteroatoms. The summed E-state index contributed by atoms with van der Waals surface area (Å²) in [6, 6.07) is 8.62. The van der Waals surface area contributed by atoms with Crippen molar-refractivity contribution in [3.63, 3.8) is 0 Å². The molecule has 13 heavy (non-hydrogen) atoms. The molecule has 2 N–H and O–H groups in total. The number of hydrogen-bond donors (Lipinski definition) is 1. The molecule has 2 rings (SSSR count). The van der Waals surface area contributed by atoms with Crippen LogP contribution in [0.1, 0.15) is 37.3 Å². The van der Waals surface area contributed by atoms with E-state index in [2.05, 4.69) is 31.2 Å².